The largest absolute Gasteiger partial charge is 0.455 e. The van der Waals surface area contributed by atoms with Crippen LogP contribution in [-0.4, -0.2) is 44.7 Å². The van der Waals surface area contributed by atoms with Gasteiger partial charge in [0.25, 0.3) is 5.91 Å². The molecule has 1 N–H and O–H groups in total. The lowest BCUT2D eigenvalue weighted by molar-refractivity contribution is 0.0541. The summed E-state index contributed by atoms with van der Waals surface area (Å²) < 4.78 is 7.70. The van der Waals surface area contributed by atoms with Crippen LogP contribution in [0.5, 0.6) is 0 Å². The fourth-order valence-corrected chi connectivity index (χ4v) is 3.88. The number of amides is 1. The highest BCUT2D eigenvalue weighted by Gasteiger charge is 2.28. The molecule has 24 heavy (non-hydrogen) atoms. The molecular weight excluding hydrogens is 326 g/mol. The van der Waals surface area contributed by atoms with Crippen LogP contribution >= 0.6 is 11.8 Å². The molecule has 0 bridgehead atoms. The van der Waals surface area contributed by atoms with E-state index in [9.17, 15) is 9.90 Å². The Bertz CT molecular complexity index is 680. The zero-order valence-corrected chi connectivity index (χ0v) is 14.7. The number of rotatable bonds is 6. The van der Waals surface area contributed by atoms with Crippen LogP contribution in [-0.2, 0) is 12.8 Å². The first-order valence-corrected chi connectivity index (χ1v) is 9.28. The van der Waals surface area contributed by atoms with Gasteiger partial charge >= 0.3 is 0 Å². The number of aliphatic hydroxyl groups is 1. The number of nitrogens with zero attached hydrogens (tertiary/aromatic N) is 3. The van der Waals surface area contributed by atoms with Crippen molar-refractivity contribution in [3.63, 3.8) is 0 Å². The van der Waals surface area contributed by atoms with E-state index in [1.165, 1.54) is 0 Å². The predicted octanol–water partition coefficient (Wildman–Crippen LogP) is 2.68. The van der Waals surface area contributed by atoms with E-state index in [0.29, 0.717) is 17.9 Å². The molecule has 1 aliphatic heterocycles. The zero-order valence-electron chi connectivity index (χ0n) is 13.9. The van der Waals surface area contributed by atoms with E-state index < -0.39 is 0 Å². The van der Waals surface area contributed by atoms with Crippen LogP contribution < -0.4 is 0 Å². The second-order valence-corrected chi connectivity index (χ2v) is 6.98. The van der Waals surface area contributed by atoms with Gasteiger partial charge in [-0.25, -0.2) is 4.98 Å². The molecule has 1 fully saturated rings. The average molecular weight is 349 g/mol. The number of furan rings is 1. The molecule has 3 rings (SSSR count). The summed E-state index contributed by atoms with van der Waals surface area (Å²) >= 11 is 1.58. The number of hydrogen-bond acceptors (Lipinski definition) is 5. The number of likely N-dealkylation sites (tertiary alicyclic amines) is 1. The summed E-state index contributed by atoms with van der Waals surface area (Å²) in [6.07, 6.45) is 7.37. The second kappa shape index (κ2) is 7.90. The second-order valence-electron chi connectivity index (χ2n) is 6.04. The minimum Gasteiger partial charge on any atom is -0.455 e. The van der Waals surface area contributed by atoms with Crippen molar-refractivity contribution < 1.29 is 14.3 Å². The first kappa shape index (κ1) is 17.1. The highest BCUT2D eigenvalue weighted by atomic mass is 32.2. The summed E-state index contributed by atoms with van der Waals surface area (Å²) in [5, 5.41) is 10.1. The van der Waals surface area contributed by atoms with E-state index in [2.05, 4.69) is 4.98 Å². The number of hydrogen-bond donors (Lipinski definition) is 1. The molecule has 7 heteroatoms. The van der Waals surface area contributed by atoms with Gasteiger partial charge in [0.15, 0.2) is 10.9 Å². The van der Waals surface area contributed by atoms with E-state index in [-0.39, 0.29) is 18.6 Å². The SMILES string of the molecule is Cn1ccnc1SCc1ccc(C(=O)N2CCCCC2CCO)o1. The Morgan fingerprint density at radius 2 is 2.33 bits per heavy atom. The molecule has 0 aliphatic carbocycles. The molecule has 1 atom stereocenters. The maximum Gasteiger partial charge on any atom is 0.289 e. The maximum atomic E-state index is 12.7. The summed E-state index contributed by atoms with van der Waals surface area (Å²) in [7, 11) is 1.95. The molecule has 130 valence electrons. The fourth-order valence-electron chi connectivity index (χ4n) is 3.06. The van der Waals surface area contributed by atoms with Crippen LogP contribution in [0.1, 0.15) is 42.0 Å². The van der Waals surface area contributed by atoms with Crippen molar-refractivity contribution in [2.75, 3.05) is 13.2 Å². The lowest BCUT2D eigenvalue weighted by Gasteiger charge is -2.35. The number of carbonyl (C=O) groups is 1. The van der Waals surface area contributed by atoms with E-state index in [0.717, 1.165) is 36.7 Å². The first-order valence-electron chi connectivity index (χ1n) is 8.29. The molecule has 0 radical (unpaired) electrons. The molecule has 6 nitrogen and oxygen atoms in total. The zero-order chi connectivity index (χ0) is 16.9. The Labute approximate surface area is 145 Å². The lowest BCUT2D eigenvalue weighted by Crippen LogP contribution is -2.44. The number of aryl methyl sites for hydroxylation is 1. The van der Waals surface area contributed by atoms with Gasteiger partial charge in [0.2, 0.25) is 0 Å². The van der Waals surface area contributed by atoms with E-state index in [1.54, 1.807) is 24.0 Å². The average Bonchev–Trinajstić information content (AvgIpc) is 3.22. The van der Waals surface area contributed by atoms with Gasteiger partial charge in [-0.1, -0.05) is 11.8 Å². The molecule has 1 unspecified atom stereocenters. The Hall–Kier alpha value is -1.73. The van der Waals surface area contributed by atoms with Crippen molar-refractivity contribution in [1.82, 2.24) is 14.5 Å². The monoisotopic (exact) mass is 349 g/mol. The number of imidazole rings is 1. The summed E-state index contributed by atoms with van der Waals surface area (Å²) in [5.74, 6) is 1.72. The fraction of sp³-hybridized carbons (Fsp3) is 0.529. The molecular formula is C17H23N3O3S. The molecule has 0 aromatic carbocycles. The topological polar surface area (TPSA) is 71.5 Å². The number of thioether (sulfide) groups is 1. The van der Waals surface area contributed by atoms with Gasteiger partial charge in [0, 0.05) is 38.6 Å². The van der Waals surface area contributed by atoms with Gasteiger partial charge in [-0.05, 0) is 37.8 Å². The molecule has 2 aromatic rings. The third kappa shape index (κ3) is 3.84. The van der Waals surface area contributed by atoms with E-state index in [1.807, 2.05) is 28.8 Å². The minimum absolute atomic E-state index is 0.0682. The molecule has 2 aromatic heterocycles. The molecule has 1 aliphatic rings. The van der Waals surface area contributed by atoms with Gasteiger partial charge in [-0.15, -0.1) is 0 Å². The van der Waals surface area contributed by atoms with E-state index >= 15 is 0 Å². The molecule has 1 amide bonds. The van der Waals surface area contributed by atoms with E-state index in [4.69, 9.17) is 4.42 Å². The number of aliphatic hydroxyl groups excluding tert-OH is 1. The summed E-state index contributed by atoms with van der Waals surface area (Å²) in [6.45, 7) is 0.847. The van der Waals surface area contributed by atoms with Gasteiger partial charge in [-0.3, -0.25) is 4.79 Å². The third-order valence-corrected chi connectivity index (χ3v) is 5.42. The highest BCUT2D eigenvalue weighted by molar-refractivity contribution is 7.98. The third-order valence-electron chi connectivity index (χ3n) is 4.34. The van der Waals surface area contributed by atoms with Gasteiger partial charge in [-0.2, -0.15) is 0 Å². The first-order chi connectivity index (χ1) is 11.7. The highest BCUT2D eigenvalue weighted by Crippen LogP contribution is 2.25. The van der Waals surface area contributed by atoms with Crippen LogP contribution in [0, 0.1) is 0 Å². The molecule has 3 heterocycles. The Kier molecular flexibility index (Phi) is 5.63. The standard InChI is InChI=1S/C17H23N3O3S/c1-19-10-8-18-17(19)24-12-14-5-6-15(23-14)16(22)20-9-3-2-4-13(20)7-11-21/h5-6,8,10,13,21H,2-4,7,9,11-12H2,1H3. The molecule has 0 spiro atoms. The number of carbonyl (C=O) groups excluding carboxylic acids is 1. The summed E-state index contributed by atoms with van der Waals surface area (Å²) in [5.41, 5.74) is 0. The summed E-state index contributed by atoms with van der Waals surface area (Å²) in [4.78, 5) is 18.8. The predicted molar refractivity (Wildman–Crippen MR) is 91.9 cm³/mol. The van der Waals surface area contributed by atoms with Crippen molar-refractivity contribution in [2.45, 2.75) is 42.6 Å². The van der Waals surface area contributed by atoms with Crippen LogP contribution in [0.2, 0.25) is 0 Å². The van der Waals surface area contributed by atoms with Gasteiger partial charge in [0.1, 0.15) is 5.76 Å². The van der Waals surface area contributed by atoms with Crippen LogP contribution in [0.4, 0.5) is 0 Å². The van der Waals surface area contributed by atoms with Crippen molar-refractivity contribution in [2.24, 2.45) is 7.05 Å². The normalized spacial score (nSPS) is 18.1. The van der Waals surface area contributed by atoms with Crippen LogP contribution in [0.15, 0.2) is 34.1 Å². The molecule has 0 saturated carbocycles. The van der Waals surface area contributed by atoms with Gasteiger partial charge < -0.3 is 19.0 Å². The lowest BCUT2D eigenvalue weighted by atomic mass is 9.99. The van der Waals surface area contributed by atoms with Crippen molar-refractivity contribution in [1.29, 1.82) is 0 Å². The van der Waals surface area contributed by atoms with Crippen molar-refractivity contribution in [3.8, 4) is 0 Å². The smallest absolute Gasteiger partial charge is 0.289 e. The summed E-state index contributed by atoms with van der Waals surface area (Å²) in [6, 6.07) is 3.72. The minimum atomic E-state index is -0.0682. The number of aromatic nitrogens is 2. The van der Waals surface area contributed by atoms with Crippen molar-refractivity contribution in [3.05, 3.63) is 36.0 Å². The van der Waals surface area contributed by atoms with Crippen LogP contribution in [0.25, 0.3) is 0 Å². The quantitative estimate of drug-likeness (QED) is 0.812. The maximum absolute atomic E-state index is 12.7. The Balaban J connectivity index is 1.63. The Morgan fingerprint density at radius 1 is 1.46 bits per heavy atom. The Morgan fingerprint density at radius 3 is 3.08 bits per heavy atom. The van der Waals surface area contributed by atoms with Crippen molar-refractivity contribution >= 4 is 17.7 Å². The van der Waals surface area contributed by atoms with Gasteiger partial charge in [0.05, 0.1) is 5.75 Å². The number of piperidine rings is 1. The van der Waals surface area contributed by atoms with Crippen LogP contribution in [0.3, 0.4) is 0 Å². The molecule has 1 saturated heterocycles.